The molecule has 27 heavy (non-hydrogen) atoms. The molecule has 2 aromatic carbocycles. The van der Waals surface area contributed by atoms with E-state index in [1.165, 1.54) is 19.2 Å². The SMILES string of the molecule is COc1ccc(-c2nc(S(=O)(=O)c3ccc(C)cc3)c(S(C)(=O)=O)o2)cc1. The summed E-state index contributed by atoms with van der Waals surface area (Å²) in [6, 6.07) is 12.5. The fourth-order valence-corrected chi connectivity index (χ4v) is 4.94. The highest BCUT2D eigenvalue weighted by atomic mass is 32.2. The third-order valence-electron chi connectivity index (χ3n) is 3.83. The topological polar surface area (TPSA) is 104 Å². The third kappa shape index (κ3) is 3.74. The summed E-state index contributed by atoms with van der Waals surface area (Å²) in [6.45, 7) is 1.82. The molecule has 0 aliphatic carbocycles. The van der Waals surface area contributed by atoms with Gasteiger partial charge in [-0.15, -0.1) is 0 Å². The van der Waals surface area contributed by atoms with E-state index >= 15 is 0 Å². The van der Waals surface area contributed by atoms with Gasteiger partial charge in [-0.2, -0.15) is 4.98 Å². The van der Waals surface area contributed by atoms with Gasteiger partial charge in [-0.25, -0.2) is 16.8 Å². The zero-order valence-corrected chi connectivity index (χ0v) is 16.5. The monoisotopic (exact) mass is 407 g/mol. The van der Waals surface area contributed by atoms with Gasteiger partial charge in [-0.1, -0.05) is 17.7 Å². The summed E-state index contributed by atoms with van der Waals surface area (Å²) in [5, 5.41) is -1.31. The van der Waals surface area contributed by atoms with Crippen molar-refractivity contribution in [3.05, 3.63) is 54.1 Å². The average Bonchev–Trinajstić information content (AvgIpc) is 3.09. The van der Waals surface area contributed by atoms with Crippen LogP contribution in [0.3, 0.4) is 0 Å². The van der Waals surface area contributed by atoms with Gasteiger partial charge in [0.25, 0.3) is 5.09 Å². The fourth-order valence-electron chi connectivity index (χ4n) is 2.38. The van der Waals surface area contributed by atoms with Crippen LogP contribution in [0.2, 0.25) is 0 Å². The van der Waals surface area contributed by atoms with E-state index in [-0.39, 0.29) is 10.8 Å². The number of benzene rings is 2. The van der Waals surface area contributed by atoms with E-state index in [0.29, 0.717) is 11.3 Å². The van der Waals surface area contributed by atoms with Crippen LogP contribution in [0.1, 0.15) is 5.56 Å². The Morgan fingerprint density at radius 3 is 2.04 bits per heavy atom. The zero-order chi connectivity index (χ0) is 19.8. The van der Waals surface area contributed by atoms with E-state index in [1.54, 1.807) is 36.4 Å². The highest BCUT2D eigenvalue weighted by Gasteiger charge is 2.33. The first-order chi connectivity index (χ1) is 12.6. The number of hydrogen-bond donors (Lipinski definition) is 0. The summed E-state index contributed by atoms with van der Waals surface area (Å²) in [5.41, 5.74) is 1.29. The van der Waals surface area contributed by atoms with Crippen molar-refractivity contribution in [2.75, 3.05) is 13.4 Å². The lowest BCUT2D eigenvalue weighted by Gasteiger charge is -2.03. The van der Waals surface area contributed by atoms with Gasteiger partial charge in [0.05, 0.1) is 12.0 Å². The molecular weight excluding hydrogens is 390 g/mol. The Morgan fingerprint density at radius 2 is 1.52 bits per heavy atom. The standard InChI is InChI=1S/C18H17NO6S2/c1-12-4-10-15(11-5-12)27(22,23)17-18(26(3,20)21)25-16(19-17)13-6-8-14(24-2)9-7-13/h4-11H,1-3H3. The maximum Gasteiger partial charge on any atom is 0.258 e. The number of methoxy groups -OCH3 is 1. The average molecular weight is 407 g/mol. The Bertz CT molecular complexity index is 1180. The van der Waals surface area contributed by atoms with E-state index in [2.05, 4.69) is 4.98 Å². The predicted molar refractivity (Wildman–Crippen MR) is 98.2 cm³/mol. The second-order valence-electron chi connectivity index (χ2n) is 5.93. The lowest BCUT2D eigenvalue weighted by molar-refractivity contribution is 0.414. The molecule has 142 valence electrons. The minimum absolute atomic E-state index is 0.0624. The summed E-state index contributed by atoms with van der Waals surface area (Å²) < 4.78 is 60.5. The summed E-state index contributed by atoms with van der Waals surface area (Å²) in [6.07, 6.45) is 0.874. The molecule has 0 bridgehead atoms. The third-order valence-corrected chi connectivity index (χ3v) is 6.58. The minimum atomic E-state index is -4.18. The van der Waals surface area contributed by atoms with Crippen LogP contribution < -0.4 is 4.74 Å². The van der Waals surface area contributed by atoms with E-state index in [4.69, 9.17) is 9.15 Å². The van der Waals surface area contributed by atoms with Crippen LogP contribution in [0.4, 0.5) is 0 Å². The lowest BCUT2D eigenvalue weighted by atomic mass is 10.2. The van der Waals surface area contributed by atoms with E-state index in [0.717, 1.165) is 11.8 Å². The number of sulfone groups is 2. The highest BCUT2D eigenvalue weighted by Crippen LogP contribution is 2.32. The molecule has 9 heteroatoms. The Hall–Kier alpha value is -2.65. The fraction of sp³-hybridized carbons (Fsp3) is 0.167. The number of ether oxygens (including phenoxy) is 1. The van der Waals surface area contributed by atoms with Crippen LogP contribution in [-0.4, -0.2) is 35.2 Å². The van der Waals surface area contributed by atoms with E-state index in [9.17, 15) is 16.8 Å². The van der Waals surface area contributed by atoms with Gasteiger partial charge in [0.15, 0.2) is 0 Å². The van der Waals surface area contributed by atoms with Gasteiger partial charge in [0.2, 0.25) is 30.6 Å². The maximum absolute atomic E-state index is 13.0. The van der Waals surface area contributed by atoms with Crippen LogP contribution in [0, 0.1) is 6.92 Å². The van der Waals surface area contributed by atoms with Crippen molar-refractivity contribution in [1.82, 2.24) is 4.98 Å². The first-order valence-corrected chi connectivity index (χ1v) is 11.2. The van der Waals surface area contributed by atoms with Gasteiger partial charge >= 0.3 is 0 Å². The summed E-state index contributed by atoms with van der Waals surface area (Å²) in [7, 11) is -6.64. The van der Waals surface area contributed by atoms with Gasteiger partial charge in [-0.3, -0.25) is 0 Å². The van der Waals surface area contributed by atoms with Crippen molar-refractivity contribution in [3.63, 3.8) is 0 Å². The quantitative estimate of drug-likeness (QED) is 0.640. The molecule has 0 aliphatic heterocycles. The van der Waals surface area contributed by atoms with Gasteiger partial charge in [0.1, 0.15) is 5.75 Å². The first-order valence-electron chi connectivity index (χ1n) is 7.80. The maximum atomic E-state index is 13.0. The van der Waals surface area contributed by atoms with Crippen LogP contribution in [-0.2, 0) is 19.7 Å². The van der Waals surface area contributed by atoms with Crippen LogP contribution in [0.15, 0.2) is 68.0 Å². The number of nitrogens with zero attached hydrogens (tertiary/aromatic N) is 1. The molecule has 0 saturated carbocycles. The van der Waals surface area contributed by atoms with Crippen LogP contribution >= 0.6 is 0 Å². The number of rotatable bonds is 5. The molecule has 0 spiro atoms. The van der Waals surface area contributed by atoms with Gasteiger partial charge in [-0.05, 0) is 43.3 Å². The van der Waals surface area contributed by atoms with Gasteiger partial charge in [0, 0.05) is 11.8 Å². The second-order valence-corrected chi connectivity index (χ2v) is 9.71. The Labute approximate surface area is 157 Å². The molecule has 0 atom stereocenters. The Morgan fingerprint density at radius 1 is 0.926 bits per heavy atom. The molecule has 0 fully saturated rings. The zero-order valence-electron chi connectivity index (χ0n) is 14.8. The molecule has 0 aliphatic rings. The molecular formula is C18H17NO6S2. The number of aromatic nitrogens is 1. The molecule has 7 nitrogen and oxygen atoms in total. The predicted octanol–water partition coefficient (Wildman–Crippen LogP) is 2.89. The van der Waals surface area contributed by atoms with Crippen molar-refractivity contribution in [2.24, 2.45) is 0 Å². The second kappa shape index (κ2) is 6.82. The number of aryl methyl sites for hydroxylation is 1. The molecule has 0 amide bonds. The Balaban J connectivity index is 2.19. The van der Waals surface area contributed by atoms with E-state index in [1.807, 2.05) is 6.92 Å². The van der Waals surface area contributed by atoms with Crippen LogP contribution in [0.5, 0.6) is 5.75 Å². The normalized spacial score (nSPS) is 12.1. The number of oxazole rings is 1. The molecule has 0 radical (unpaired) electrons. The molecule has 3 rings (SSSR count). The van der Waals surface area contributed by atoms with Crippen molar-refractivity contribution >= 4 is 19.7 Å². The smallest absolute Gasteiger partial charge is 0.258 e. The number of hydrogen-bond acceptors (Lipinski definition) is 7. The van der Waals surface area contributed by atoms with Crippen molar-refractivity contribution in [3.8, 4) is 17.2 Å². The van der Waals surface area contributed by atoms with E-state index < -0.39 is 29.8 Å². The van der Waals surface area contributed by atoms with Crippen molar-refractivity contribution in [1.29, 1.82) is 0 Å². The minimum Gasteiger partial charge on any atom is -0.497 e. The highest BCUT2D eigenvalue weighted by molar-refractivity contribution is 7.94. The molecule has 0 unspecified atom stereocenters. The summed E-state index contributed by atoms with van der Waals surface area (Å²) in [5.74, 6) is 0.477. The van der Waals surface area contributed by atoms with Gasteiger partial charge < -0.3 is 9.15 Å². The molecule has 1 aromatic heterocycles. The summed E-state index contributed by atoms with van der Waals surface area (Å²) >= 11 is 0. The lowest BCUT2D eigenvalue weighted by Crippen LogP contribution is -2.08. The van der Waals surface area contributed by atoms with Crippen molar-refractivity contribution in [2.45, 2.75) is 21.9 Å². The summed E-state index contributed by atoms with van der Waals surface area (Å²) in [4.78, 5) is 3.94. The molecule has 1 heterocycles. The molecule has 3 aromatic rings. The van der Waals surface area contributed by atoms with Crippen LogP contribution in [0.25, 0.3) is 11.5 Å². The largest absolute Gasteiger partial charge is 0.497 e. The molecule has 0 N–H and O–H groups in total. The Kier molecular flexibility index (Phi) is 4.83. The first kappa shape index (κ1) is 19.1. The van der Waals surface area contributed by atoms with Crippen molar-refractivity contribution < 1.29 is 26.0 Å². The molecule has 0 saturated heterocycles.